The summed E-state index contributed by atoms with van der Waals surface area (Å²) in [6, 6.07) is 4.29. The standard InChI is InChI=1S/C15H19Cl2NO3/c1-9(2)7-14(19)18-13(15(20)21-3)8-10-11(16)5-4-6-12(10)17/h4-6,9,13H,7-8H2,1-3H3,(H,18,19)/t13-/m0/s1. The zero-order valence-corrected chi connectivity index (χ0v) is 13.8. The van der Waals surface area contributed by atoms with Crippen molar-refractivity contribution in [3.63, 3.8) is 0 Å². The highest BCUT2D eigenvalue weighted by atomic mass is 35.5. The number of hydrogen-bond donors (Lipinski definition) is 1. The molecule has 0 aliphatic rings. The summed E-state index contributed by atoms with van der Waals surface area (Å²) in [4.78, 5) is 23.7. The molecule has 0 aromatic heterocycles. The van der Waals surface area contributed by atoms with E-state index in [1.807, 2.05) is 13.8 Å². The third kappa shape index (κ3) is 5.56. The summed E-state index contributed by atoms with van der Waals surface area (Å²) in [5, 5.41) is 3.58. The number of hydrogen-bond acceptors (Lipinski definition) is 3. The van der Waals surface area contributed by atoms with Crippen molar-refractivity contribution in [3.05, 3.63) is 33.8 Å². The fourth-order valence-electron chi connectivity index (χ4n) is 1.89. The van der Waals surface area contributed by atoms with Crippen molar-refractivity contribution in [1.29, 1.82) is 0 Å². The number of rotatable bonds is 6. The smallest absolute Gasteiger partial charge is 0.328 e. The van der Waals surface area contributed by atoms with Crippen LogP contribution in [-0.4, -0.2) is 25.0 Å². The second-order valence-corrected chi connectivity index (χ2v) is 5.96. The molecule has 1 aromatic carbocycles. The minimum Gasteiger partial charge on any atom is -0.467 e. The molecular formula is C15H19Cl2NO3. The van der Waals surface area contributed by atoms with Crippen LogP contribution in [-0.2, 0) is 20.7 Å². The molecule has 1 rings (SSSR count). The summed E-state index contributed by atoms with van der Waals surface area (Å²) in [6.07, 6.45) is 0.527. The number of benzene rings is 1. The molecule has 0 spiro atoms. The summed E-state index contributed by atoms with van der Waals surface area (Å²) >= 11 is 12.2. The van der Waals surface area contributed by atoms with Crippen molar-refractivity contribution in [1.82, 2.24) is 5.32 Å². The minimum absolute atomic E-state index is 0.189. The zero-order chi connectivity index (χ0) is 16.0. The molecule has 1 amide bonds. The Kier molecular flexibility index (Phi) is 6.99. The predicted octanol–water partition coefficient (Wildman–Crippen LogP) is 3.24. The lowest BCUT2D eigenvalue weighted by atomic mass is 10.0. The fraction of sp³-hybridized carbons (Fsp3) is 0.467. The van der Waals surface area contributed by atoms with Crippen molar-refractivity contribution in [2.24, 2.45) is 5.92 Å². The molecule has 0 aliphatic heterocycles. The summed E-state index contributed by atoms with van der Waals surface area (Å²) < 4.78 is 4.73. The Hall–Kier alpha value is -1.26. The highest BCUT2D eigenvalue weighted by molar-refractivity contribution is 6.36. The number of ether oxygens (including phenoxy) is 1. The number of amides is 1. The van der Waals surface area contributed by atoms with Crippen LogP contribution in [0.4, 0.5) is 0 Å². The first-order valence-corrected chi connectivity index (χ1v) is 7.40. The van der Waals surface area contributed by atoms with Gasteiger partial charge in [-0.2, -0.15) is 0 Å². The van der Waals surface area contributed by atoms with E-state index in [0.29, 0.717) is 22.0 Å². The molecule has 0 fully saturated rings. The van der Waals surface area contributed by atoms with Crippen LogP contribution in [0.5, 0.6) is 0 Å². The SMILES string of the molecule is COC(=O)[C@H](Cc1c(Cl)cccc1Cl)NC(=O)CC(C)C. The number of carbonyl (C=O) groups is 2. The van der Waals surface area contributed by atoms with Gasteiger partial charge in [-0.15, -0.1) is 0 Å². The van der Waals surface area contributed by atoms with Gasteiger partial charge in [-0.1, -0.05) is 43.1 Å². The third-order valence-corrected chi connectivity index (χ3v) is 3.59. The first-order valence-electron chi connectivity index (χ1n) is 6.65. The van der Waals surface area contributed by atoms with E-state index in [0.717, 1.165) is 0 Å². The van der Waals surface area contributed by atoms with E-state index in [-0.39, 0.29) is 18.2 Å². The first-order chi connectivity index (χ1) is 9.85. The monoisotopic (exact) mass is 331 g/mol. The second-order valence-electron chi connectivity index (χ2n) is 5.15. The van der Waals surface area contributed by atoms with Gasteiger partial charge in [-0.25, -0.2) is 4.79 Å². The highest BCUT2D eigenvalue weighted by Gasteiger charge is 2.24. The predicted molar refractivity (Wildman–Crippen MR) is 83.6 cm³/mol. The summed E-state index contributed by atoms with van der Waals surface area (Å²) in [5.74, 6) is -0.529. The van der Waals surface area contributed by atoms with Crippen LogP contribution in [0.25, 0.3) is 0 Å². The Bertz CT molecular complexity index is 497. The van der Waals surface area contributed by atoms with Crippen molar-refractivity contribution < 1.29 is 14.3 Å². The Morgan fingerprint density at radius 1 is 1.24 bits per heavy atom. The largest absolute Gasteiger partial charge is 0.467 e. The minimum atomic E-state index is -0.807. The average molecular weight is 332 g/mol. The Morgan fingerprint density at radius 2 is 1.81 bits per heavy atom. The summed E-state index contributed by atoms with van der Waals surface area (Å²) in [6.45, 7) is 3.86. The Labute approximate surface area is 134 Å². The maximum atomic E-state index is 11.9. The van der Waals surface area contributed by atoms with Crippen molar-refractivity contribution in [2.75, 3.05) is 7.11 Å². The van der Waals surface area contributed by atoms with E-state index >= 15 is 0 Å². The molecule has 1 aromatic rings. The van der Waals surface area contributed by atoms with Gasteiger partial charge in [-0.05, 0) is 23.6 Å². The van der Waals surface area contributed by atoms with Gasteiger partial charge in [0.25, 0.3) is 0 Å². The maximum Gasteiger partial charge on any atom is 0.328 e. The summed E-state index contributed by atoms with van der Waals surface area (Å²) in [7, 11) is 1.28. The molecule has 116 valence electrons. The van der Waals surface area contributed by atoms with E-state index in [1.165, 1.54) is 7.11 Å². The topological polar surface area (TPSA) is 55.4 Å². The van der Waals surface area contributed by atoms with Crippen LogP contribution in [0.15, 0.2) is 18.2 Å². The quantitative estimate of drug-likeness (QED) is 0.814. The van der Waals surface area contributed by atoms with Crippen LogP contribution in [0.3, 0.4) is 0 Å². The number of nitrogens with one attached hydrogen (secondary N) is 1. The lowest BCUT2D eigenvalue weighted by Crippen LogP contribution is -2.43. The van der Waals surface area contributed by atoms with Gasteiger partial charge < -0.3 is 10.1 Å². The molecule has 6 heteroatoms. The average Bonchev–Trinajstić information content (AvgIpc) is 2.40. The molecule has 1 N–H and O–H groups in total. The van der Waals surface area contributed by atoms with E-state index < -0.39 is 12.0 Å². The first kappa shape index (κ1) is 17.8. The van der Waals surface area contributed by atoms with E-state index in [1.54, 1.807) is 18.2 Å². The number of carbonyl (C=O) groups excluding carboxylic acids is 2. The molecule has 0 heterocycles. The lowest BCUT2D eigenvalue weighted by Gasteiger charge is -2.18. The fourth-order valence-corrected chi connectivity index (χ4v) is 2.44. The Morgan fingerprint density at radius 3 is 2.29 bits per heavy atom. The molecule has 0 unspecified atom stereocenters. The molecule has 0 radical (unpaired) electrons. The van der Waals surface area contributed by atoms with Crippen LogP contribution < -0.4 is 5.32 Å². The number of methoxy groups -OCH3 is 1. The number of halogens is 2. The van der Waals surface area contributed by atoms with Gasteiger partial charge in [0.2, 0.25) is 5.91 Å². The van der Waals surface area contributed by atoms with Gasteiger partial charge in [0, 0.05) is 22.9 Å². The van der Waals surface area contributed by atoms with Crippen LogP contribution in [0.1, 0.15) is 25.8 Å². The normalized spacial score (nSPS) is 12.1. The Balaban J connectivity index is 2.89. The van der Waals surface area contributed by atoms with Crippen LogP contribution in [0, 0.1) is 5.92 Å². The maximum absolute atomic E-state index is 11.9. The van der Waals surface area contributed by atoms with Gasteiger partial charge >= 0.3 is 5.97 Å². The molecule has 4 nitrogen and oxygen atoms in total. The lowest BCUT2D eigenvalue weighted by molar-refractivity contribution is -0.145. The number of esters is 1. The molecule has 21 heavy (non-hydrogen) atoms. The molecular weight excluding hydrogens is 313 g/mol. The van der Waals surface area contributed by atoms with Gasteiger partial charge in [0.1, 0.15) is 6.04 Å². The molecule has 1 atom stereocenters. The van der Waals surface area contributed by atoms with E-state index in [2.05, 4.69) is 5.32 Å². The second kappa shape index (κ2) is 8.25. The van der Waals surface area contributed by atoms with Crippen molar-refractivity contribution >= 4 is 35.1 Å². The van der Waals surface area contributed by atoms with Crippen molar-refractivity contribution in [2.45, 2.75) is 32.7 Å². The van der Waals surface area contributed by atoms with E-state index in [9.17, 15) is 9.59 Å². The highest BCUT2D eigenvalue weighted by Crippen LogP contribution is 2.25. The van der Waals surface area contributed by atoms with Gasteiger partial charge in [-0.3, -0.25) is 4.79 Å². The molecule has 0 saturated heterocycles. The summed E-state index contributed by atoms with van der Waals surface area (Å²) in [5.41, 5.74) is 0.612. The molecule has 0 bridgehead atoms. The van der Waals surface area contributed by atoms with Crippen molar-refractivity contribution in [3.8, 4) is 0 Å². The van der Waals surface area contributed by atoms with Crippen LogP contribution >= 0.6 is 23.2 Å². The van der Waals surface area contributed by atoms with Crippen LogP contribution in [0.2, 0.25) is 10.0 Å². The third-order valence-electron chi connectivity index (χ3n) is 2.88. The molecule has 0 saturated carbocycles. The molecule has 0 aliphatic carbocycles. The van der Waals surface area contributed by atoms with E-state index in [4.69, 9.17) is 27.9 Å². The van der Waals surface area contributed by atoms with Gasteiger partial charge in [0.05, 0.1) is 7.11 Å². The zero-order valence-electron chi connectivity index (χ0n) is 12.3. The van der Waals surface area contributed by atoms with Gasteiger partial charge in [0.15, 0.2) is 0 Å².